The van der Waals surface area contributed by atoms with E-state index in [1.54, 1.807) is 7.11 Å². The van der Waals surface area contributed by atoms with E-state index in [0.717, 1.165) is 35.2 Å². The highest BCUT2D eigenvalue weighted by Gasteiger charge is 2.17. The second kappa shape index (κ2) is 7.64. The Morgan fingerprint density at radius 1 is 1.33 bits per heavy atom. The average molecular weight is 315 g/mol. The molecule has 0 aromatic heterocycles. The number of hydrogen-bond acceptors (Lipinski definition) is 3. The predicted octanol–water partition coefficient (Wildman–Crippen LogP) is 3.67. The van der Waals surface area contributed by atoms with Gasteiger partial charge in [0.2, 0.25) is 0 Å². The minimum Gasteiger partial charge on any atom is -0.397 e. The minimum absolute atomic E-state index is 0.497. The third-order valence-corrected chi connectivity index (χ3v) is 3.71. The molecule has 0 bridgehead atoms. The van der Waals surface area contributed by atoms with Gasteiger partial charge in [0.1, 0.15) is 0 Å². The summed E-state index contributed by atoms with van der Waals surface area (Å²) in [5.41, 5.74) is 8.02. The highest BCUT2D eigenvalue weighted by atomic mass is 79.9. The van der Waals surface area contributed by atoms with Crippen LogP contribution >= 0.6 is 15.9 Å². The van der Waals surface area contributed by atoms with Gasteiger partial charge in [0, 0.05) is 24.2 Å². The Labute approximate surface area is 118 Å². The first-order chi connectivity index (χ1) is 8.63. The molecule has 0 spiro atoms. The van der Waals surface area contributed by atoms with Crippen molar-refractivity contribution in [2.24, 2.45) is 0 Å². The number of halogens is 1. The summed E-state index contributed by atoms with van der Waals surface area (Å²) in [6, 6.07) is 6.50. The molecule has 102 valence electrons. The molecule has 0 radical (unpaired) electrons. The molecule has 0 fully saturated rings. The SMILES string of the molecule is CCC(CC)N(CCOC)c1cc(Br)ccc1N. The molecule has 1 rings (SSSR count). The minimum atomic E-state index is 0.497. The number of nitrogens with two attached hydrogens (primary N) is 1. The Morgan fingerprint density at radius 3 is 2.56 bits per heavy atom. The van der Waals surface area contributed by atoms with Crippen LogP contribution in [0, 0.1) is 0 Å². The van der Waals surface area contributed by atoms with Crippen molar-refractivity contribution in [3.8, 4) is 0 Å². The lowest BCUT2D eigenvalue weighted by Crippen LogP contribution is -2.37. The lowest BCUT2D eigenvalue weighted by Gasteiger charge is -2.33. The number of rotatable bonds is 7. The molecule has 1 aromatic carbocycles. The van der Waals surface area contributed by atoms with Crippen molar-refractivity contribution in [2.75, 3.05) is 30.9 Å². The Hall–Kier alpha value is -0.740. The van der Waals surface area contributed by atoms with Crippen molar-refractivity contribution in [1.82, 2.24) is 0 Å². The molecule has 0 aliphatic heterocycles. The van der Waals surface area contributed by atoms with Gasteiger partial charge in [-0.2, -0.15) is 0 Å². The topological polar surface area (TPSA) is 38.5 Å². The highest BCUT2D eigenvalue weighted by Crippen LogP contribution is 2.30. The summed E-state index contributed by atoms with van der Waals surface area (Å²) in [6.07, 6.45) is 2.21. The summed E-state index contributed by atoms with van der Waals surface area (Å²) in [6.45, 7) is 6.00. The number of hydrogen-bond donors (Lipinski definition) is 1. The van der Waals surface area contributed by atoms with Gasteiger partial charge in [0.15, 0.2) is 0 Å². The van der Waals surface area contributed by atoms with Crippen LogP contribution in [0.2, 0.25) is 0 Å². The van der Waals surface area contributed by atoms with Crippen molar-refractivity contribution >= 4 is 27.3 Å². The van der Waals surface area contributed by atoms with E-state index in [0.29, 0.717) is 12.6 Å². The second-order valence-corrected chi connectivity index (χ2v) is 5.28. The standard InChI is InChI=1S/C14H23BrN2O/c1-4-12(5-2)17(8-9-18-3)14-10-11(15)6-7-13(14)16/h6-7,10,12H,4-5,8-9,16H2,1-3H3. The van der Waals surface area contributed by atoms with Crippen LogP contribution in [0.1, 0.15) is 26.7 Å². The highest BCUT2D eigenvalue weighted by molar-refractivity contribution is 9.10. The quantitative estimate of drug-likeness (QED) is 0.780. The number of nitrogens with zero attached hydrogens (tertiary/aromatic N) is 1. The van der Waals surface area contributed by atoms with Crippen molar-refractivity contribution in [1.29, 1.82) is 0 Å². The summed E-state index contributed by atoms with van der Waals surface area (Å²) >= 11 is 3.51. The fraction of sp³-hybridized carbons (Fsp3) is 0.571. The van der Waals surface area contributed by atoms with E-state index in [1.807, 2.05) is 12.1 Å². The Kier molecular flexibility index (Phi) is 6.50. The van der Waals surface area contributed by atoms with Gasteiger partial charge in [-0.15, -0.1) is 0 Å². The van der Waals surface area contributed by atoms with Crippen LogP contribution in [0.5, 0.6) is 0 Å². The molecule has 0 heterocycles. The first kappa shape index (κ1) is 15.3. The molecule has 0 saturated heterocycles. The Morgan fingerprint density at radius 2 is 2.00 bits per heavy atom. The molecule has 0 aliphatic carbocycles. The van der Waals surface area contributed by atoms with Crippen molar-refractivity contribution < 1.29 is 4.74 Å². The number of nitrogen functional groups attached to an aromatic ring is 1. The van der Waals surface area contributed by atoms with Crippen LogP contribution in [0.25, 0.3) is 0 Å². The van der Waals surface area contributed by atoms with E-state index in [2.05, 4.69) is 40.7 Å². The van der Waals surface area contributed by atoms with Crippen LogP contribution in [0.3, 0.4) is 0 Å². The maximum absolute atomic E-state index is 6.11. The van der Waals surface area contributed by atoms with E-state index >= 15 is 0 Å². The van der Waals surface area contributed by atoms with Crippen LogP contribution in [0.4, 0.5) is 11.4 Å². The van der Waals surface area contributed by atoms with Gasteiger partial charge in [-0.05, 0) is 31.0 Å². The lowest BCUT2D eigenvalue weighted by molar-refractivity contribution is 0.202. The molecule has 3 nitrogen and oxygen atoms in total. The van der Waals surface area contributed by atoms with Crippen LogP contribution in [-0.4, -0.2) is 26.3 Å². The Bertz CT molecular complexity index is 367. The van der Waals surface area contributed by atoms with Gasteiger partial charge in [0.05, 0.1) is 18.0 Å². The normalized spacial score (nSPS) is 10.9. The molecule has 1 aromatic rings. The van der Waals surface area contributed by atoms with Gasteiger partial charge in [0.25, 0.3) is 0 Å². The second-order valence-electron chi connectivity index (χ2n) is 4.36. The lowest BCUT2D eigenvalue weighted by atomic mass is 10.1. The van der Waals surface area contributed by atoms with Crippen molar-refractivity contribution in [3.63, 3.8) is 0 Å². The number of anilines is 2. The van der Waals surface area contributed by atoms with E-state index in [4.69, 9.17) is 10.5 Å². The van der Waals surface area contributed by atoms with Gasteiger partial charge in [-0.25, -0.2) is 0 Å². The number of benzene rings is 1. The molecule has 0 aliphatic rings. The fourth-order valence-corrected chi connectivity index (χ4v) is 2.53. The molecular formula is C14H23BrN2O. The van der Waals surface area contributed by atoms with Gasteiger partial charge < -0.3 is 15.4 Å². The monoisotopic (exact) mass is 314 g/mol. The van der Waals surface area contributed by atoms with E-state index in [9.17, 15) is 0 Å². The molecule has 0 atom stereocenters. The molecule has 2 N–H and O–H groups in total. The average Bonchev–Trinajstić information content (AvgIpc) is 2.38. The summed E-state index contributed by atoms with van der Waals surface area (Å²) in [4.78, 5) is 2.35. The van der Waals surface area contributed by atoms with Crippen molar-refractivity contribution in [2.45, 2.75) is 32.7 Å². The van der Waals surface area contributed by atoms with Crippen molar-refractivity contribution in [3.05, 3.63) is 22.7 Å². The molecule has 4 heteroatoms. The third-order valence-electron chi connectivity index (χ3n) is 3.22. The first-order valence-corrected chi connectivity index (χ1v) is 7.23. The summed E-state index contributed by atoms with van der Waals surface area (Å²) in [7, 11) is 1.73. The maximum atomic E-state index is 6.11. The summed E-state index contributed by atoms with van der Waals surface area (Å²) < 4.78 is 6.26. The number of ether oxygens (including phenoxy) is 1. The first-order valence-electron chi connectivity index (χ1n) is 6.44. The van der Waals surface area contributed by atoms with E-state index in [1.165, 1.54) is 0 Å². The fourth-order valence-electron chi connectivity index (χ4n) is 2.18. The van der Waals surface area contributed by atoms with Crippen LogP contribution < -0.4 is 10.6 Å². The van der Waals surface area contributed by atoms with Gasteiger partial charge in [-0.3, -0.25) is 0 Å². The third kappa shape index (κ3) is 3.89. The zero-order chi connectivity index (χ0) is 13.5. The summed E-state index contributed by atoms with van der Waals surface area (Å²) in [5, 5.41) is 0. The maximum Gasteiger partial charge on any atom is 0.0637 e. The van der Waals surface area contributed by atoms with E-state index < -0.39 is 0 Å². The van der Waals surface area contributed by atoms with Crippen LogP contribution in [-0.2, 0) is 4.74 Å². The summed E-state index contributed by atoms with van der Waals surface area (Å²) in [5.74, 6) is 0. The molecule has 0 unspecified atom stereocenters. The largest absolute Gasteiger partial charge is 0.397 e. The zero-order valence-corrected chi connectivity index (χ0v) is 13.0. The van der Waals surface area contributed by atoms with Gasteiger partial charge >= 0.3 is 0 Å². The van der Waals surface area contributed by atoms with E-state index in [-0.39, 0.29) is 0 Å². The van der Waals surface area contributed by atoms with Gasteiger partial charge in [-0.1, -0.05) is 29.8 Å². The Balaban J connectivity index is 3.03. The molecular weight excluding hydrogens is 292 g/mol. The predicted molar refractivity (Wildman–Crippen MR) is 82.1 cm³/mol. The number of methoxy groups -OCH3 is 1. The van der Waals surface area contributed by atoms with Crippen LogP contribution in [0.15, 0.2) is 22.7 Å². The smallest absolute Gasteiger partial charge is 0.0637 e. The molecule has 0 amide bonds. The molecule has 18 heavy (non-hydrogen) atoms. The molecule has 0 saturated carbocycles. The zero-order valence-electron chi connectivity index (χ0n) is 11.4.